The molecular weight excluding hydrogens is 385 g/mol. The zero-order chi connectivity index (χ0) is 18.0. The van der Waals surface area contributed by atoms with E-state index in [2.05, 4.69) is 5.32 Å². The molecule has 0 bridgehead atoms. The lowest BCUT2D eigenvalue weighted by Gasteiger charge is -2.06. The van der Waals surface area contributed by atoms with Gasteiger partial charge in [-0.15, -0.1) is 0 Å². The van der Waals surface area contributed by atoms with Gasteiger partial charge in [-0.3, -0.25) is 4.79 Å². The summed E-state index contributed by atoms with van der Waals surface area (Å²) in [6.45, 7) is 0. The fourth-order valence-corrected chi connectivity index (χ4v) is 3.63. The van der Waals surface area contributed by atoms with Crippen molar-refractivity contribution in [2.24, 2.45) is 0 Å². The second-order valence-corrected chi connectivity index (χ2v) is 7.66. The first-order valence-electron chi connectivity index (χ1n) is 7.05. The summed E-state index contributed by atoms with van der Waals surface area (Å²) < 4.78 is 30.2. The van der Waals surface area contributed by atoms with Gasteiger partial charge in [0.2, 0.25) is 14.9 Å². The van der Waals surface area contributed by atoms with Crippen molar-refractivity contribution in [3.63, 3.8) is 0 Å². The molecule has 0 fully saturated rings. The molecule has 0 saturated carbocycles. The highest BCUT2D eigenvalue weighted by Gasteiger charge is 2.23. The van der Waals surface area contributed by atoms with Crippen LogP contribution in [0.15, 0.2) is 75.1 Å². The van der Waals surface area contributed by atoms with Crippen LogP contribution in [0.5, 0.6) is 0 Å². The minimum Gasteiger partial charge on any atom is -0.439 e. The Balaban J connectivity index is 1.86. The third-order valence-corrected chi connectivity index (χ3v) is 5.78. The van der Waals surface area contributed by atoms with Gasteiger partial charge in [-0.25, -0.2) is 8.42 Å². The van der Waals surface area contributed by atoms with Gasteiger partial charge >= 0.3 is 0 Å². The second kappa shape index (κ2) is 6.92. The van der Waals surface area contributed by atoms with Crippen LogP contribution in [-0.4, -0.2) is 14.3 Å². The van der Waals surface area contributed by atoms with E-state index in [1.807, 2.05) is 0 Å². The van der Waals surface area contributed by atoms with E-state index < -0.39 is 15.7 Å². The average molecular weight is 396 g/mol. The number of furan rings is 1. The molecule has 0 aliphatic rings. The van der Waals surface area contributed by atoms with E-state index in [4.69, 9.17) is 27.6 Å². The predicted octanol–water partition coefficient (Wildman–Crippen LogP) is 4.67. The highest BCUT2D eigenvalue weighted by atomic mass is 35.5. The summed E-state index contributed by atoms with van der Waals surface area (Å²) in [5.74, 6) is -0.802. The molecule has 0 spiro atoms. The van der Waals surface area contributed by atoms with Crippen molar-refractivity contribution in [3.8, 4) is 0 Å². The molecule has 0 atom stereocenters. The van der Waals surface area contributed by atoms with E-state index in [1.165, 1.54) is 24.3 Å². The highest BCUT2D eigenvalue weighted by molar-refractivity contribution is 7.91. The van der Waals surface area contributed by atoms with E-state index in [0.717, 1.165) is 0 Å². The fraction of sp³-hybridized carbons (Fsp3) is 0. The molecular formula is C17H11Cl2NO4S. The molecule has 1 heterocycles. The normalized spacial score (nSPS) is 11.3. The van der Waals surface area contributed by atoms with Crippen LogP contribution in [0.1, 0.15) is 10.6 Å². The first-order chi connectivity index (χ1) is 11.9. The third-order valence-electron chi connectivity index (χ3n) is 3.32. The van der Waals surface area contributed by atoms with E-state index in [0.29, 0.717) is 5.69 Å². The molecule has 1 N–H and O–H groups in total. The zero-order valence-electron chi connectivity index (χ0n) is 12.6. The smallest absolute Gasteiger partial charge is 0.291 e. The van der Waals surface area contributed by atoms with Crippen LogP contribution < -0.4 is 5.32 Å². The molecule has 25 heavy (non-hydrogen) atoms. The van der Waals surface area contributed by atoms with Crippen molar-refractivity contribution < 1.29 is 17.6 Å². The summed E-state index contributed by atoms with van der Waals surface area (Å²) in [5.41, 5.74) is 0.294. The quantitative estimate of drug-likeness (QED) is 0.695. The number of sulfone groups is 1. The van der Waals surface area contributed by atoms with E-state index in [1.54, 1.807) is 36.4 Å². The lowest BCUT2D eigenvalue weighted by atomic mass is 10.3. The van der Waals surface area contributed by atoms with Gasteiger partial charge in [0.1, 0.15) is 0 Å². The van der Waals surface area contributed by atoms with Crippen LogP contribution >= 0.6 is 23.2 Å². The van der Waals surface area contributed by atoms with Crippen molar-refractivity contribution in [2.75, 3.05) is 5.32 Å². The molecule has 8 heteroatoms. The maximum atomic E-state index is 12.5. The number of amides is 1. The number of rotatable bonds is 4. The van der Waals surface area contributed by atoms with Crippen LogP contribution in [0.4, 0.5) is 5.69 Å². The summed E-state index contributed by atoms with van der Waals surface area (Å²) in [5, 5.41) is 2.67. The Kier molecular flexibility index (Phi) is 4.85. The number of benzene rings is 2. The van der Waals surface area contributed by atoms with E-state index >= 15 is 0 Å². The lowest BCUT2D eigenvalue weighted by Crippen LogP contribution is -2.11. The molecule has 2 aromatic carbocycles. The van der Waals surface area contributed by atoms with Gasteiger partial charge in [-0.2, -0.15) is 0 Å². The first-order valence-corrected chi connectivity index (χ1v) is 9.29. The minimum atomic E-state index is -3.83. The summed E-state index contributed by atoms with van der Waals surface area (Å²) in [6.07, 6.45) is 0. The molecule has 1 aromatic heterocycles. The number of nitrogens with one attached hydrogen (secondary N) is 1. The number of carbonyl (C=O) groups excluding carboxylic acids is 1. The van der Waals surface area contributed by atoms with Crippen LogP contribution in [-0.2, 0) is 9.84 Å². The van der Waals surface area contributed by atoms with Crippen molar-refractivity contribution >= 4 is 44.6 Å². The van der Waals surface area contributed by atoms with Crippen molar-refractivity contribution in [1.82, 2.24) is 0 Å². The molecule has 128 valence electrons. The standard InChI is InChI=1S/C17H11Cl2NO4S/c18-12-7-4-8-13(16(12)19)20-17(21)14-9-10-15(24-14)25(22,23)11-5-2-1-3-6-11/h1-10H,(H,20,21). The van der Waals surface area contributed by atoms with Gasteiger partial charge in [0.25, 0.3) is 5.91 Å². The molecule has 0 saturated heterocycles. The number of halogens is 2. The first kappa shape index (κ1) is 17.5. The number of anilines is 1. The molecule has 0 aliphatic heterocycles. The molecule has 3 aromatic rings. The van der Waals surface area contributed by atoms with E-state index in [-0.39, 0.29) is 25.8 Å². The Labute approximate surface area is 154 Å². The monoisotopic (exact) mass is 395 g/mol. The minimum absolute atomic E-state index is 0.0780. The Morgan fingerprint density at radius 1 is 0.920 bits per heavy atom. The highest BCUT2D eigenvalue weighted by Crippen LogP contribution is 2.30. The Morgan fingerprint density at radius 2 is 1.64 bits per heavy atom. The van der Waals surface area contributed by atoms with E-state index in [9.17, 15) is 13.2 Å². The lowest BCUT2D eigenvalue weighted by molar-refractivity contribution is 0.0991. The molecule has 5 nitrogen and oxygen atoms in total. The average Bonchev–Trinajstić information content (AvgIpc) is 3.11. The number of carbonyl (C=O) groups is 1. The fourth-order valence-electron chi connectivity index (χ4n) is 2.09. The van der Waals surface area contributed by atoms with Gasteiger partial charge in [-0.1, -0.05) is 47.5 Å². The predicted molar refractivity (Wildman–Crippen MR) is 95.0 cm³/mol. The Bertz CT molecular complexity index is 1030. The number of hydrogen-bond acceptors (Lipinski definition) is 4. The summed E-state index contributed by atoms with van der Waals surface area (Å²) >= 11 is 11.9. The Hall–Kier alpha value is -2.28. The van der Waals surface area contributed by atoms with Crippen molar-refractivity contribution in [2.45, 2.75) is 9.99 Å². The summed E-state index contributed by atoms with van der Waals surface area (Å²) in [4.78, 5) is 12.3. The number of hydrogen-bond donors (Lipinski definition) is 1. The van der Waals surface area contributed by atoms with Gasteiger partial charge < -0.3 is 9.73 Å². The van der Waals surface area contributed by atoms with Crippen LogP contribution in [0.2, 0.25) is 10.0 Å². The van der Waals surface area contributed by atoms with Gasteiger partial charge in [0, 0.05) is 0 Å². The van der Waals surface area contributed by atoms with Crippen LogP contribution in [0, 0.1) is 0 Å². The third kappa shape index (κ3) is 3.56. The molecule has 0 radical (unpaired) electrons. The topological polar surface area (TPSA) is 76.4 Å². The van der Waals surface area contributed by atoms with Crippen LogP contribution in [0.3, 0.4) is 0 Å². The van der Waals surface area contributed by atoms with Crippen molar-refractivity contribution in [1.29, 1.82) is 0 Å². The maximum absolute atomic E-state index is 12.5. The van der Waals surface area contributed by atoms with Crippen LogP contribution in [0.25, 0.3) is 0 Å². The SMILES string of the molecule is O=C(Nc1cccc(Cl)c1Cl)c1ccc(S(=O)(=O)c2ccccc2)o1. The van der Waals surface area contributed by atoms with Gasteiger partial charge in [0.15, 0.2) is 5.76 Å². The molecule has 0 unspecified atom stereocenters. The van der Waals surface area contributed by atoms with Crippen molar-refractivity contribution in [3.05, 3.63) is 76.5 Å². The summed E-state index contributed by atoms with van der Waals surface area (Å²) in [7, 11) is -3.83. The molecule has 1 amide bonds. The zero-order valence-corrected chi connectivity index (χ0v) is 14.9. The maximum Gasteiger partial charge on any atom is 0.291 e. The molecule has 0 aliphatic carbocycles. The summed E-state index contributed by atoms with van der Waals surface area (Å²) in [6, 6.07) is 15.1. The largest absolute Gasteiger partial charge is 0.439 e. The van der Waals surface area contributed by atoms with Gasteiger partial charge in [-0.05, 0) is 36.4 Å². The Morgan fingerprint density at radius 3 is 2.36 bits per heavy atom. The second-order valence-electron chi connectivity index (χ2n) is 4.99. The molecule has 3 rings (SSSR count). The van der Waals surface area contributed by atoms with Gasteiger partial charge in [0.05, 0.1) is 20.6 Å².